The summed E-state index contributed by atoms with van der Waals surface area (Å²) >= 11 is 2.26. The molecule has 138 valence electrons. The number of benzene rings is 1. The number of esters is 1. The van der Waals surface area contributed by atoms with Gasteiger partial charge in [0.05, 0.1) is 23.9 Å². The maximum absolute atomic E-state index is 12.5. The van der Waals surface area contributed by atoms with Gasteiger partial charge in [-0.05, 0) is 36.6 Å². The molecule has 10 heteroatoms. The van der Waals surface area contributed by atoms with Crippen LogP contribution in [0.1, 0.15) is 6.92 Å². The van der Waals surface area contributed by atoms with Crippen LogP contribution in [0.4, 0.5) is 0 Å². The number of thiophene rings is 1. The van der Waals surface area contributed by atoms with Gasteiger partial charge in [0.1, 0.15) is 16.5 Å². The van der Waals surface area contributed by atoms with E-state index in [4.69, 9.17) is 9.47 Å². The molecule has 3 aromatic rings. The molecule has 0 spiro atoms. The molecule has 2 aromatic heterocycles. The zero-order valence-electron chi connectivity index (χ0n) is 14.0. The van der Waals surface area contributed by atoms with Gasteiger partial charge in [0.25, 0.3) is 10.0 Å². The molecule has 0 aliphatic carbocycles. The predicted molar refractivity (Wildman–Crippen MR) is 100 cm³/mol. The molecule has 26 heavy (non-hydrogen) atoms. The van der Waals surface area contributed by atoms with Gasteiger partial charge in [-0.2, -0.15) is 8.42 Å². The minimum absolute atomic E-state index is 0.126. The zero-order chi connectivity index (χ0) is 18.7. The van der Waals surface area contributed by atoms with Gasteiger partial charge in [-0.15, -0.1) is 15.7 Å². The Morgan fingerprint density at radius 3 is 2.77 bits per heavy atom. The third kappa shape index (κ3) is 3.81. The largest absolute Gasteiger partial charge is 0.497 e. The Labute approximate surface area is 158 Å². The van der Waals surface area contributed by atoms with E-state index in [-0.39, 0.29) is 22.2 Å². The van der Waals surface area contributed by atoms with Crippen LogP contribution in [0.3, 0.4) is 0 Å². The van der Waals surface area contributed by atoms with Crippen molar-refractivity contribution in [2.45, 2.75) is 17.7 Å². The van der Waals surface area contributed by atoms with Crippen LogP contribution in [-0.4, -0.2) is 32.7 Å². The van der Waals surface area contributed by atoms with Gasteiger partial charge in [-0.3, -0.25) is 4.79 Å². The lowest BCUT2D eigenvalue weighted by Crippen LogP contribution is -2.23. The summed E-state index contributed by atoms with van der Waals surface area (Å²) in [6.07, 6.45) is 0. The van der Waals surface area contributed by atoms with Crippen molar-refractivity contribution in [3.8, 4) is 5.75 Å². The number of carbonyl (C=O) groups is 1. The molecule has 0 N–H and O–H groups in total. The summed E-state index contributed by atoms with van der Waals surface area (Å²) in [5.74, 6) is 0.174. The average molecular weight is 413 g/mol. The molecule has 3 rings (SSSR count). The third-order valence-electron chi connectivity index (χ3n) is 3.43. The lowest BCUT2D eigenvalue weighted by atomic mass is 10.3. The Balaban J connectivity index is 2.19. The summed E-state index contributed by atoms with van der Waals surface area (Å²) < 4.78 is 41.7. The molecule has 7 nitrogen and oxygen atoms in total. The van der Waals surface area contributed by atoms with Crippen molar-refractivity contribution in [3.05, 3.63) is 40.5 Å². The highest BCUT2D eigenvalue weighted by Crippen LogP contribution is 2.24. The molecule has 0 saturated carbocycles. The molecule has 0 bridgehead atoms. The molecular weight excluding hydrogens is 396 g/mol. The number of carbonyl (C=O) groups excluding carboxylic acids is 1. The second kappa shape index (κ2) is 7.60. The number of ether oxygens (including phenoxy) is 2. The highest BCUT2D eigenvalue weighted by atomic mass is 32.2. The minimum atomic E-state index is -3.85. The number of aromatic nitrogens is 1. The SMILES string of the molecule is CCOC(=O)Cn1/c(=N/S(=O)(=O)c2cccs2)sc2cc(OC)ccc21. The first-order chi connectivity index (χ1) is 12.4. The molecule has 0 radical (unpaired) electrons. The van der Waals surface area contributed by atoms with Crippen molar-refractivity contribution in [1.29, 1.82) is 0 Å². The number of methoxy groups -OCH3 is 1. The standard InChI is InChI=1S/C16H16N2O5S3/c1-3-23-14(19)10-18-12-7-6-11(22-2)9-13(12)25-16(18)17-26(20,21)15-5-4-8-24-15/h4-9H,3,10H2,1-2H3/b17-16-. The first-order valence-corrected chi connectivity index (χ1v) is 10.8. The predicted octanol–water partition coefficient (Wildman–Crippen LogP) is 2.63. The highest BCUT2D eigenvalue weighted by molar-refractivity contribution is 7.92. The van der Waals surface area contributed by atoms with Crippen LogP contribution in [-0.2, 0) is 26.1 Å². The fraction of sp³-hybridized carbons (Fsp3) is 0.250. The molecule has 0 aliphatic heterocycles. The lowest BCUT2D eigenvalue weighted by molar-refractivity contribution is -0.143. The van der Waals surface area contributed by atoms with E-state index < -0.39 is 16.0 Å². The number of hydrogen-bond acceptors (Lipinski definition) is 7. The maximum Gasteiger partial charge on any atom is 0.326 e. The van der Waals surface area contributed by atoms with Crippen LogP contribution in [0.15, 0.2) is 44.3 Å². The van der Waals surface area contributed by atoms with Crippen molar-refractivity contribution >= 4 is 48.9 Å². The second-order valence-corrected chi connectivity index (χ2v) is 8.90. The lowest BCUT2D eigenvalue weighted by Gasteiger charge is -2.05. The van der Waals surface area contributed by atoms with Crippen molar-refractivity contribution in [3.63, 3.8) is 0 Å². The van der Waals surface area contributed by atoms with E-state index in [1.165, 1.54) is 17.4 Å². The number of rotatable bonds is 6. The number of sulfonamides is 1. The Bertz CT molecular complexity index is 1090. The Morgan fingerprint density at radius 2 is 2.12 bits per heavy atom. The first-order valence-electron chi connectivity index (χ1n) is 7.62. The van der Waals surface area contributed by atoms with Crippen molar-refractivity contribution < 1.29 is 22.7 Å². The smallest absolute Gasteiger partial charge is 0.326 e. The number of nitrogens with zero attached hydrogens (tertiary/aromatic N) is 2. The fourth-order valence-corrected chi connectivity index (χ4v) is 5.53. The summed E-state index contributed by atoms with van der Waals surface area (Å²) in [5, 5.41) is 1.67. The van der Waals surface area contributed by atoms with E-state index in [2.05, 4.69) is 4.40 Å². The van der Waals surface area contributed by atoms with Crippen molar-refractivity contribution in [2.24, 2.45) is 4.40 Å². The van der Waals surface area contributed by atoms with Crippen LogP contribution in [0.2, 0.25) is 0 Å². The van der Waals surface area contributed by atoms with E-state index in [1.807, 2.05) is 0 Å². The molecule has 0 saturated heterocycles. The van der Waals surface area contributed by atoms with Gasteiger partial charge >= 0.3 is 5.97 Å². The summed E-state index contributed by atoms with van der Waals surface area (Å²) in [5.41, 5.74) is 0.684. The summed E-state index contributed by atoms with van der Waals surface area (Å²) in [4.78, 5) is 12.2. The van der Waals surface area contributed by atoms with Gasteiger partial charge in [-0.1, -0.05) is 17.4 Å². The minimum Gasteiger partial charge on any atom is -0.497 e. The molecule has 1 aromatic carbocycles. The molecule has 0 aliphatic rings. The Kier molecular flexibility index (Phi) is 5.44. The molecule has 0 amide bonds. The Morgan fingerprint density at radius 1 is 1.31 bits per heavy atom. The van der Waals surface area contributed by atoms with Crippen LogP contribution < -0.4 is 9.54 Å². The van der Waals surface area contributed by atoms with Gasteiger partial charge in [-0.25, -0.2) is 0 Å². The highest BCUT2D eigenvalue weighted by Gasteiger charge is 2.17. The van der Waals surface area contributed by atoms with E-state index in [0.717, 1.165) is 16.0 Å². The van der Waals surface area contributed by atoms with Gasteiger partial charge in [0, 0.05) is 0 Å². The summed E-state index contributed by atoms with van der Waals surface area (Å²) in [7, 11) is -2.30. The monoisotopic (exact) mass is 412 g/mol. The average Bonchev–Trinajstić information content (AvgIpc) is 3.24. The molecule has 0 atom stereocenters. The third-order valence-corrected chi connectivity index (χ3v) is 7.23. The van der Waals surface area contributed by atoms with Crippen LogP contribution in [0.5, 0.6) is 5.75 Å². The van der Waals surface area contributed by atoms with Crippen molar-refractivity contribution in [2.75, 3.05) is 13.7 Å². The molecular formula is C16H16N2O5S3. The molecule has 0 fully saturated rings. The second-order valence-electron chi connectivity index (χ2n) is 5.11. The zero-order valence-corrected chi connectivity index (χ0v) is 16.5. The first kappa shape index (κ1) is 18.6. The number of hydrogen-bond donors (Lipinski definition) is 0. The topological polar surface area (TPSA) is 87.0 Å². The summed E-state index contributed by atoms with van der Waals surface area (Å²) in [6.45, 7) is 1.83. The quantitative estimate of drug-likeness (QED) is 0.581. The maximum atomic E-state index is 12.5. The van der Waals surface area contributed by atoms with Gasteiger partial charge in [0.15, 0.2) is 0 Å². The Hall–Kier alpha value is -2.17. The molecule has 2 heterocycles. The van der Waals surface area contributed by atoms with Gasteiger partial charge < -0.3 is 14.0 Å². The van der Waals surface area contributed by atoms with Crippen LogP contribution >= 0.6 is 22.7 Å². The number of fused-ring (bicyclic) bond motifs is 1. The van der Waals surface area contributed by atoms with Gasteiger partial charge in [0.2, 0.25) is 4.80 Å². The fourth-order valence-electron chi connectivity index (χ4n) is 2.30. The molecule has 0 unspecified atom stereocenters. The van der Waals surface area contributed by atoms with Crippen molar-refractivity contribution in [1.82, 2.24) is 4.57 Å². The van der Waals surface area contributed by atoms with Crippen LogP contribution in [0, 0.1) is 0 Å². The van der Waals surface area contributed by atoms with E-state index in [1.54, 1.807) is 48.2 Å². The van der Waals surface area contributed by atoms with E-state index >= 15 is 0 Å². The number of thiazole rings is 1. The normalized spacial score (nSPS) is 12.5. The van der Waals surface area contributed by atoms with Crippen LogP contribution in [0.25, 0.3) is 10.2 Å². The van der Waals surface area contributed by atoms with E-state index in [9.17, 15) is 13.2 Å². The summed E-state index contributed by atoms with van der Waals surface area (Å²) in [6, 6.07) is 8.43. The van der Waals surface area contributed by atoms with E-state index in [0.29, 0.717) is 11.3 Å².